The molecule has 0 aliphatic carbocycles. The minimum absolute atomic E-state index is 0.0287. The summed E-state index contributed by atoms with van der Waals surface area (Å²) in [6.07, 6.45) is 94.8. The highest BCUT2D eigenvalue weighted by atomic mass is 31.2. The van der Waals surface area contributed by atoms with E-state index in [-0.39, 0.29) is 32.0 Å². The highest BCUT2D eigenvalue weighted by Crippen LogP contribution is 2.38. The Balaban J connectivity index is 3.93. The Bertz CT molecular complexity index is 1700. The normalized spacial score (nSPS) is 13.4. The lowest BCUT2D eigenvalue weighted by atomic mass is 10.0. The van der Waals surface area contributed by atoms with Crippen molar-refractivity contribution in [3.05, 3.63) is 60.8 Å². The van der Waals surface area contributed by atoms with E-state index in [4.69, 9.17) is 18.5 Å². The van der Waals surface area contributed by atoms with Crippen LogP contribution in [0.2, 0.25) is 0 Å². The summed E-state index contributed by atoms with van der Waals surface area (Å²) < 4.78 is 34.4. The SMILES string of the molecule is CC/C=C\C/C=C\C/C=C\C/C=C\CCCCCCCCCCCCCCCCCCCCCCC(=O)OC(COC(=O)CCCCCCCCCCCCCCCCCCCCCCC/C=C\CCCCCCCCCC)COP(=O)([O-])OCC[N+](C)(C)C. The Kier molecular flexibility index (Phi) is 69.2. The molecule has 0 N–H and O–H groups in total. The first-order valence-electron chi connectivity index (χ1n) is 39.0. The molecule has 0 aliphatic heterocycles. The Morgan fingerprint density at radius 2 is 0.633 bits per heavy atom. The van der Waals surface area contributed by atoms with Gasteiger partial charge in [0.25, 0.3) is 7.82 Å². The zero-order chi connectivity index (χ0) is 65.5. The number of hydrogen-bond acceptors (Lipinski definition) is 8. The van der Waals surface area contributed by atoms with Crippen molar-refractivity contribution in [1.82, 2.24) is 0 Å². The quantitative estimate of drug-likeness (QED) is 0.0195. The van der Waals surface area contributed by atoms with E-state index in [1.54, 1.807) is 0 Å². The number of likely N-dealkylation sites (N-methyl/N-ethyl adjacent to an activating group) is 1. The summed E-state index contributed by atoms with van der Waals surface area (Å²) in [7, 11) is 1.19. The fourth-order valence-electron chi connectivity index (χ4n) is 11.6. The van der Waals surface area contributed by atoms with Crippen LogP contribution in [0.25, 0.3) is 0 Å². The van der Waals surface area contributed by atoms with Gasteiger partial charge >= 0.3 is 11.9 Å². The third kappa shape index (κ3) is 74.7. The van der Waals surface area contributed by atoms with Crippen LogP contribution in [0.3, 0.4) is 0 Å². The molecule has 0 aliphatic rings. The van der Waals surface area contributed by atoms with Gasteiger partial charge in [-0.25, -0.2) is 0 Å². The number of nitrogens with zero attached hydrogens (tertiary/aromatic N) is 1. The number of phosphoric acid groups is 1. The minimum atomic E-state index is -4.64. The van der Waals surface area contributed by atoms with E-state index < -0.39 is 26.5 Å². The number of carbonyl (C=O) groups is 2. The second kappa shape index (κ2) is 71.0. The molecule has 0 rings (SSSR count). The molecule has 0 aromatic heterocycles. The van der Waals surface area contributed by atoms with Crippen LogP contribution in [-0.4, -0.2) is 70.0 Å². The molecule has 0 heterocycles. The number of carbonyl (C=O) groups excluding carboxylic acids is 2. The maximum Gasteiger partial charge on any atom is 0.306 e. The van der Waals surface area contributed by atoms with Crippen LogP contribution in [0.1, 0.15) is 386 Å². The lowest BCUT2D eigenvalue weighted by molar-refractivity contribution is -0.870. The molecule has 9 nitrogen and oxygen atoms in total. The molecule has 0 amide bonds. The molecule has 2 unspecified atom stereocenters. The smallest absolute Gasteiger partial charge is 0.306 e. The molecule has 10 heteroatoms. The molecule has 2 atom stereocenters. The van der Waals surface area contributed by atoms with Gasteiger partial charge in [-0.15, -0.1) is 0 Å². The van der Waals surface area contributed by atoms with E-state index >= 15 is 0 Å². The number of allylic oxidation sites excluding steroid dienone is 10. The summed E-state index contributed by atoms with van der Waals surface area (Å²) in [4.78, 5) is 38.2. The summed E-state index contributed by atoms with van der Waals surface area (Å²) in [6.45, 7) is 4.20. The lowest BCUT2D eigenvalue weighted by Gasteiger charge is -2.28. The van der Waals surface area contributed by atoms with Crippen molar-refractivity contribution in [2.75, 3.05) is 47.5 Å². The van der Waals surface area contributed by atoms with E-state index in [0.717, 1.165) is 57.8 Å². The van der Waals surface area contributed by atoms with Crippen LogP contribution in [0.4, 0.5) is 0 Å². The zero-order valence-electron chi connectivity index (χ0n) is 60.4. The van der Waals surface area contributed by atoms with E-state index in [1.807, 2.05) is 21.1 Å². The zero-order valence-corrected chi connectivity index (χ0v) is 61.2. The van der Waals surface area contributed by atoms with E-state index in [1.165, 1.54) is 295 Å². The molecule has 0 saturated carbocycles. The first kappa shape index (κ1) is 87.7. The summed E-state index contributed by atoms with van der Waals surface area (Å²) in [5.74, 6) is -0.811. The molecular formula is C80H150NO8P. The Morgan fingerprint density at radius 3 is 0.956 bits per heavy atom. The standard InChI is InChI=1S/C80H150NO8P/c1-6-8-10-12-14-16-18-20-22-24-26-28-30-32-34-36-38-40-42-44-46-48-50-52-54-56-58-60-62-64-66-68-70-72-79(82)86-76-78(77-88-90(84,85)87-75-74-81(3,4)5)89-80(83)73-71-69-67-65-63-61-59-57-55-53-51-49-47-45-43-41-39-37-35-33-31-29-27-25-23-21-19-17-15-13-11-9-7-2/h9,11,15,17,21,23-24,26-27,29,78H,6-8,10,12-14,16,18-20,22,25,28,30-77H2,1-5H3/b11-9-,17-15-,23-21-,26-24-,29-27-. The highest BCUT2D eigenvalue weighted by Gasteiger charge is 2.22. The number of hydrogen-bond donors (Lipinski definition) is 0. The monoisotopic (exact) mass is 1280 g/mol. The second-order valence-corrected chi connectivity index (χ2v) is 29.1. The molecule has 0 fully saturated rings. The average molecular weight is 1290 g/mol. The van der Waals surface area contributed by atoms with Crippen molar-refractivity contribution >= 4 is 19.8 Å². The fourth-order valence-corrected chi connectivity index (χ4v) is 12.3. The molecular weight excluding hydrogens is 1130 g/mol. The number of quaternary nitrogens is 1. The Hall–Kier alpha value is -2.29. The van der Waals surface area contributed by atoms with Crippen LogP contribution >= 0.6 is 7.82 Å². The molecule has 0 aromatic carbocycles. The van der Waals surface area contributed by atoms with Crippen molar-refractivity contribution in [1.29, 1.82) is 0 Å². The van der Waals surface area contributed by atoms with Crippen molar-refractivity contribution < 1.29 is 42.1 Å². The van der Waals surface area contributed by atoms with Gasteiger partial charge in [-0.3, -0.25) is 14.2 Å². The van der Waals surface area contributed by atoms with Gasteiger partial charge in [0, 0.05) is 12.8 Å². The average Bonchev–Trinajstić information content (AvgIpc) is 3.58. The van der Waals surface area contributed by atoms with Gasteiger partial charge in [0.15, 0.2) is 6.10 Å². The molecule has 0 radical (unpaired) electrons. The van der Waals surface area contributed by atoms with Crippen LogP contribution in [0.15, 0.2) is 60.8 Å². The molecule has 0 aromatic rings. The van der Waals surface area contributed by atoms with E-state index in [0.29, 0.717) is 17.4 Å². The van der Waals surface area contributed by atoms with Crippen LogP contribution in [-0.2, 0) is 32.7 Å². The maximum absolute atomic E-state index is 12.9. The fraction of sp³-hybridized carbons (Fsp3) is 0.850. The van der Waals surface area contributed by atoms with Gasteiger partial charge in [0.2, 0.25) is 0 Å². The van der Waals surface area contributed by atoms with E-state index in [2.05, 4.69) is 74.6 Å². The number of phosphoric ester groups is 1. The van der Waals surface area contributed by atoms with Crippen LogP contribution in [0, 0.1) is 0 Å². The summed E-state index contributed by atoms with van der Waals surface area (Å²) in [6, 6.07) is 0. The van der Waals surface area contributed by atoms with Gasteiger partial charge in [-0.05, 0) is 77.0 Å². The number of unbranched alkanes of at least 4 members (excludes halogenated alkanes) is 49. The first-order chi connectivity index (χ1) is 44.0. The number of esters is 2. The molecule has 0 spiro atoms. The Morgan fingerprint density at radius 1 is 0.356 bits per heavy atom. The van der Waals surface area contributed by atoms with Crippen molar-refractivity contribution in [2.45, 2.75) is 392 Å². The summed E-state index contributed by atoms with van der Waals surface area (Å²) in [5, 5.41) is 0. The van der Waals surface area contributed by atoms with Gasteiger partial charge in [0.1, 0.15) is 19.8 Å². The number of ether oxygens (including phenoxy) is 2. The van der Waals surface area contributed by atoms with Crippen molar-refractivity contribution in [2.24, 2.45) is 0 Å². The van der Waals surface area contributed by atoms with Gasteiger partial charge in [-0.1, -0.05) is 357 Å². The van der Waals surface area contributed by atoms with Gasteiger partial charge < -0.3 is 27.9 Å². The third-order valence-electron chi connectivity index (χ3n) is 17.5. The molecule has 528 valence electrons. The first-order valence-corrected chi connectivity index (χ1v) is 40.5. The summed E-state index contributed by atoms with van der Waals surface area (Å²) >= 11 is 0. The summed E-state index contributed by atoms with van der Waals surface area (Å²) in [5.41, 5.74) is 0. The predicted octanol–water partition coefficient (Wildman–Crippen LogP) is 25.1. The number of rotatable bonds is 73. The molecule has 0 saturated heterocycles. The Labute approximate surface area is 559 Å². The second-order valence-electron chi connectivity index (χ2n) is 27.7. The minimum Gasteiger partial charge on any atom is -0.756 e. The lowest BCUT2D eigenvalue weighted by Crippen LogP contribution is -2.37. The maximum atomic E-state index is 12.9. The highest BCUT2D eigenvalue weighted by molar-refractivity contribution is 7.45. The van der Waals surface area contributed by atoms with Crippen LogP contribution in [0.5, 0.6) is 0 Å². The van der Waals surface area contributed by atoms with Gasteiger partial charge in [0.05, 0.1) is 27.7 Å². The topological polar surface area (TPSA) is 111 Å². The van der Waals surface area contributed by atoms with Gasteiger partial charge in [-0.2, -0.15) is 0 Å². The molecule has 90 heavy (non-hydrogen) atoms. The van der Waals surface area contributed by atoms with Crippen molar-refractivity contribution in [3.8, 4) is 0 Å². The van der Waals surface area contributed by atoms with E-state index in [9.17, 15) is 19.0 Å². The largest absolute Gasteiger partial charge is 0.756 e. The molecule has 0 bridgehead atoms. The third-order valence-corrected chi connectivity index (χ3v) is 18.5. The van der Waals surface area contributed by atoms with Crippen LogP contribution < -0.4 is 4.89 Å². The predicted molar refractivity (Wildman–Crippen MR) is 388 cm³/mol. The van der Waals surface area contributed by atoms with Crippen molar-refractivity contribution in [3.63, 3.8) is 0 Å².